The number of aromatic nitrogens is 10. The molecule has 0 saturated heterocycles. The molecular weight excluding hydrogens is 1840 g/mol. The predicted molar refractivity (Wildman–Crippen MR) is 534 cm³/mol. The van der Waals surface area contributed by atoms with E-state index >= 15 is 0 Å². The molecule has 5 aliphatic heterocycles. The number of nitro benzene ring substituents is 1. The highest BCUT2D eigenvalue weighted by Crippen LogP contribution is 2.42. The molecule has 23 nitrogen and oxygen atoms in total. The average Bonchev–Trinajstić information content (AvgIpc) is 1.62. The molecule has 15 aromatic rings. The van der Waals surface area contributed by atoms with E-state index in [4.69, 9.17) is 68.7 Å². The van der Waals surface area contributed by atoms with Crippen molar-refractivity contribution in [3.8, 4) is 90.2 Å². The Hall–Kier alpha value is -16.9. The number of para-hydroxylation sites is 1. The van der Waals surface area contributed by atoms with Crippen molar-refractivity contribution in [3.05, 3.63) is 415 Å². The number of carbonyl (C=O) groups is 5. The number of imidazole rings is 5. The molecule has 20 rings (SSSR count). The summed E-state index contributed by atoms with van der Waals surface area (Å²) < 4.78 is 25.2. The molecule has 664 valence electrons. The van der Waals surface area contributed by atoms with Crippen LogP contribution in [0.5, 0.6) is 0 Å². The predicted octanol–water partition coefficient (Wildman–Crippen LogP) is 21.1. The first-order chi connectivity index (χ1) is 65.5. The smallest absolute Gasteiger partial charge is 0.278 e. The molecule has 0 bridgehead atoms. The molecule has 136 heavy (non-hydrogen) atoms. The number of Topliss-reactive ketones (excluding diaryl/α,β-unsaturated/α-hetero) is 5. The van der Waals surface area contributed by atoms with Crippen LogP contribution < -0.4 is 0 Å². The van der Waals surface area contributed by atoms with E-state index < -0.39 is 11.0 Å². The van der Waals surface area contributed by atoms with Crippen molar-refractivity contribution in [2.75, 3.05) is 0 Å². The highest BCUT2D eigenvalue weighted by molar-refractivity contribution is 14.1. The summed E-state index contributed by atoms with van der Waals surface area (Å²) in [6.07, 6.45) is 36.3. The molecule has 0 spiro atoms. The van der Waals surface area contributed by atoms with Gasteiger partial charge in [0.2, 0.25) is 0 Å². The SMILES string of the molecule is C#Cc1ccc2c(c1)C(c1ccccc1)=N[C@@H](C)c1c(C(C)=O)ncn1-2.C#Cc1ccc2c(c1)C(c1ccccc1Cl)=N[C@H](C)c1c(C(C)=O)ncn1-2.C#Cc1ccc2c(c1)C(c1ccccc1F)=N[C@@H](C)c1c(C(C)=O)ncn1-2.C#Cc1ccc2c(c1)C(c1ccccc1I)=N[C@@H](C)c1c(C(C)=O)ncn1-2.C#Cc1ccc2c(c1)C(c1ccccc1[N+](=O)[O-])=N[C@H](C)c1c(C(C)=O)ncn1-2. The third kappa shape index (κ3) is 17.6. The number of benzene rings is 10. The number of carbonyl (C=O) groups excluding carboxylic acids is 5. The van der Waals surface area contributed by atoms with Gasteiger partial charge in [-0.3, -0.25) is 81.9 Å². The van der Waals surface area contributed by atoms with Crippen LogP contribution in [0.15, 0.2) is 275 Å². The van der Waals surface area contributed by atoms with E-state index in [9.17, 15) is 38.5 Å². The molecule has 5 atom stereocenters. The number of hydrogen-bond acceptors (Lipinski definition) is 17. The summed E-state index contributed by atoms with van der Waals surface area (Å²) in [6, 6.07) is 65.4. The quantitative estimate of drug-likeness (QED) is 0.0384. The van der Waals surface area contributed by atoms with Crippen LogP contribution in [0.2, 0.25) is 5.02 Å². The van der Waals surface area contributed by atoms with E-state index in [0.717, 1.165) is 111 Å². The zero-order valence-electron chi connectivity index (χ0n) is 75.1. The minimum absolute atomic E-state index is 0.0491. The summed E-state index contributed by atoms with van der Waals surface area (Å²) in [5.41, 5.74) is 24.7. The van der Waals surface area contributed by atoms with Crippen molar-refractivity contribution < 1.29 is 33.3 Å². The second kappa shape index (κ2) is 38.9. The molecule has 10 heterocycles. The third-order valence-corrected chi connectivity index (χ3v) is 24.7. The van der Waals surface area contributed by atoms with E-state index in [2.05, 4.69) is 89.2 Å². The fourth-order valence-corrected chi connectivity index (χ4v) is 18.2. The lowest BCUT2D eigenvalue weighted by atomic mass is 9.97. The lowest BCUT2D eigenvalue weighted by Crippen LogP contribution is -2.10. The van der Waals surface area contributed by atoms with Gasteiger partial charge in [0.05, 0.1) is 126 Å². The van der Waals surface area contributed by atoms with Crippen molar-refractivity contribution in [3.63, 3.8) is 0 Å². The zero-order chi connectivity index (χ0) is 96.4. The van der Waals surface area contributed by atoms with E-state index in [0.29, 0.717) is 95.4 Å². The highest BCUT2D eigenvalue weighted by atomic mass is 127. The van der Waals surface area contributed by atoms with Crippen LogP contribution in [-0.4, -0.2) is 110 Å². The number of terminal acetylenes is 5. The number of nitrogens with zero attached hydrogens (tertiary/aromatic N) is 16. The minimum atomic E-state index is -0.451. The Morgan fingerprint density at radius 1 is 0.338 bits per heavy atom. The van der Waals surface area contributed by atoms with Gasteiger partial charge < -0.3 is 0 Å². The molecular formula is C110H81ClFIN16O7. The zero-order valence-corrected chi connectivity index (χ0v) is 78.0. The van der Waals surface area contributed by atoms with Crippen molar-refractivity contribution in [2.45, 2.75) is 99.4 Å². The average molecular weight is 1920 g/mol. The lowest BCUT2D eigenvalue weighted by Gasteiger charge is -2.13. The van der Waals surface area contributed by atoms with Crippen LogP contribution in [0.25, 0.3) is 28.4 Å². The Bertz CT molecular complexity index is 7500. The van der Waals surface area contributed by atoms with Crippen LogP contribution in [0, 0.1) is 81.2 Å². The van der Waals surface area contributed by atoms with Crippen LogP contribution >= 0.6 is 34.2 Å². The molecule has 10 aromatic carbocycles. The summed E-state index contributed by atoms with van der Waals surface area (Å²) in [5.74, 6) is 12.4. The first-order valence-corrected chi connectivity index (χ1v) is 44.4. The molecule has 0 saturated carbocycles. The Labute approximate surface area is 802 Å². The molecule has 5 aliphatic rings. The number of fused-ring (bicyclic) bond motifs is 15. The summed E-state index contributed by atoms with van der Waals surface area (Å²) in [6.45, 7) is 17.1. The van der Waals surface area contributed by atoms with E-state index in [1.165, 1.54) is 46.8 Å². The van der Waals surface area contributed by atoms with Gasteiger partial charge in [-0.05, 0) is 179 Å². The van der Waals surface area contributed by atoms with Gasteiger partial charge in [0.15, 0.2) is 28.9 Å². The number of rotatable bonds is 11. The van der Waals surface area contributed by atoms with Gasteiger partial charge in [-0.15, -0.1) is 32.1 Å². The molecule has 0 radical (unpaired) electrons. The summed E-state index contributed by atoms with van der Waals surface area (Å²) in [4.78, 5) is 118. The number of nitro groups is 1. The van der Waals surface area contributed by atoms with Gasteiger partial charge in [0.1, 0.15) is 65.9 Å². The maximum Gasteiger partial charge on any atom is 0.278 e. The molecule has 5 aromatic heterocycles. The van der Waals surface area contributed by atoms with E-state index in [1.54, 1.807) is 80.2 Å². The molecule has 0 fully saturated rings. The Balaban J connectivity index is 0.000000123. The third-order valence-electron chi connectivity index (χ3n) is 23.5. The van der Waals surface area contributed by atoms with Gasteiger partial charge in [0, 0.05) is 127 Å². The van der Waals surface area contributed by atoms with Crippen molar-refractivity contribution in [1.82, 2.24) is 47.8 Å². The van der Waals surface area contributed by atoms with Crippen LogP contribution in [0.3, 0.4) is 0 Å². The number of halogens is 3. The molecule has 0 unspecified atom stereocenters. The maximum absolute atomic E-state index is 14.6. The van der Waals surface area contributed by atoms with E-state index in [-0.39, 0.29) is 64.6 Å². The largest absolute Gasteiger partial charge is 0.300 e. The van der Waals surface area contributed by atoms with Gasteiger partial charge in [-0.2, -0.15) is 0 Å². The van der Waals surface area contributed by atoms with Crippen LogP contribution in [-0.2, 0) is 0 Å². The molecule has 26 heteroatoms. The summed E-state index contributed by atoms with van der Waals surface area (Å²) >= 11 is 8.79. The first kappa shape index (κ1) is 92.4. The molecule has 0 amide bonds. The fraction of sp³-hybridized carbons (Fsp3) is 0.136. The van der Waals surface area contributed by atoms with Crippen molar-refractivity contribution in [1.29, 1.82) is 0 Å². The topological polar surface area (TPSA) is 279 Å². The summed E-state index contributed by atoms with van der Waals surface area (Å²) in [7, 11) is 0. The van der Waals surface area contributed by atoms with Gasteiger partial charge in [-0.1, -0.05) is 132 Å². The second-order valence-electron chi connectivity index (χ2n) is 32.3. The minimum Gasteiger partial charge on any atom is -0.300 e. The fourth-order valence-electron chi connectivity index (χ4n) is 17.3. The van der Waals surface area contributed by atoms with Gasteiger partial charge in [-0.25, -0.2) is 29.3 Å². The monoisotopic (exact) mass is 1920 g/mol. The van der Waals surface area contributed by atoms with Gasteiger partial charge >= 0.3 is 0 Å². The standard InChI is InChI=1S/C22H16ClN3O.C22H16FN3O.C22H16IN3O.C22H16N4O3.C22H17N3O/c3*1-4-15-9-10-19-17(11-15)21(16-7-5-6-8-18(16)23)25-13(2)22-20(14(3)27)24-12-26(19)22;1-4-15-9-10-18-17(11-15)21(16-7-5-6-8-19(16)26(28)29)24-13(2)22-20(14(3)27)23-12-25(18)22;1-4-16-10-11-19-18(12-16)21(17-8-6-5-7-9-17)24-14(2)22-20(15(3)26)23-13-25(19)22/h3*1,5-13H,2-3H3;1,5-13H,2-3H3;1,5-14H,2-3H3/t4*13-;14-/m10010/s1. The van der Waals surface area contributed by atoms with E-state index in [1.807, 2.05) is 203 Å². The normalized spacial score (nSPS) is 15.1. The van der Waals surface area contributed by atoms with Crippen LogP contribution in [0.4, 0.5) is 10.1 Å². The number of ketones is 5. The Kier molecular flexibility index (Phi) is 26.4. The van der Waals surface area contributed by atoms with Crippen molar-refractivity contribution in [2.24, 2.45) is 25.0 Å². The van der Waals surface area contributed by atoms with Crippen LogP contribution in [0.1, 0.15) is 264 Å². The first-order valence-electron chi connectivity index (χ1n) is 43.0. The Morgan fingerprint density at radius 2 is 0.596 bits per heavy atom. The summed E-state index contributed by atoms with van der Waals surface area (Å²) in [5, 5.41) is 12.2. The Morgan fingerprint density at radius 3 is 0.904 bits per heavy atom. The molecule has 0 aliphatic carbocycles. The lowest BCUT2D eigenvalue weighted by molar-refractivity contribution is -0.385. The number of aliphatic imine (C=N–C) groups is 5. The van der Waals surface area contributed by atoms with Crippen molar-refractivity contribution >= 4 is 97.4 Å². The second-order valence-corrected chi connectivity index (χ2v) is 33.8. The molecule has 0 N–H and O–H groups in total. The number of hydrogen-bond donors (Lipinski definition) is 0. The highest BCUT2D eigenvalue weighted by Gasteiger charge is 2.36. The van der Waals surface area contributed by atoms with Gasteiger partial charge in [0.25, 0.3) is 5.69 Å². The maximum atomic E-state index is 14.6.